The zero-order chi connectivity index (χ0) is 9.56. The van der Waals surface area contributed by atoms with Crippen LogP contribution in [0.3, 0.4) is 0 Å². The topological polar surface area (TPSA) is 15.3 Å². The molecule has 0 amide bonds. The summed E-state index contributed by atoms with van der Waals surface area (Å²) in [5.74, 6) is 0. The van der Waals surface area contributed by atoms with Crippen LogP contribution in [0.2, 0.25) is 0 Å². The van der Waals surface area contributed by atoms with E-state index in [9.17, 15) is 0 Å². The monoisotopic (exact) mass is 188 g/mol. The Morgan fingerprint density at radius 1 is 1.33 bits per heavy atom. The van der Waals surface area contributed by atoms with Crippen molar-refractivity contribution in [1.82, 2.24) is 10.2 Å². The molecule has 3 heteroatoms. The van der Waals surface area contributed by atoms with E-state index in [0.29, 0.717) is 6.04 Å². The van der Waals surface area contributed by atoms with Crippen LogP contribution in [0.1, 0.15) is 34.1 Å². The first-order chi connectivity index (χ1) is 5.65. The number of thiocarbonyl (C=S) groups is 1. The van der Waals surface area contributed by atoms with Gasteiger partial charge in [-0.15, -0.1) is 0 Å². The minimum atomic E-state index is 0.484. The maximum atomic E-state index is 5.23. The molecule has 1 atom stereocenters. The summed E-state index contributed by atoms with van der Waals surface area (Å²) in [5, 5.41) is 4.17. The molecule has 0 rings (SSSR count). The molecule has 0 heterocycles. The molecule has 0 spiro atoms. The van der Waals surface area contributed by atoms with Crippen molar-refractivity contribution >= 4 is 17.3 Å². The van der Waals surface area contributed by atoms with E-state index in [1.54, 1.807) is 0 Å². The summed E-state index contributed by atoms with van der Waals surface area (Å²) in [4.78, 5) is 2.15. The second-order valence-corrected chi connectivity index (χ2v) is 3.32. The first-order valence-electron chi connectivity index (χ1n) is 4.71. The van der Waals surface area contributed by atoms with E-state index in [2.05, 4.69) is 37.9 Å². The first-order valence-corrected chi connectivity index (χ1v) is 5.11. The highest BCUT2D eigenvalue weighted by molar-refractivity contribution is 7.80. The summed E-state index contributed by atoms with van der Waals surface area (Å²) in [6.07, 6.45) is 1.11. The molecule has 0 aliphatic rings. The van der Waals surface area contributed by atoms with Crippen LogP contribution in [0.15, 0.2) is 0 Å². The summed E-state index contributed by atoms with van der Waals surface area (Å²) < 4.78 is 0. The van der Waals surface area contributed by atoms with Gasteiger partial charge in [0.05, 0.1) is 0 Å². The van der Waals surface area contributed by atoms with Crippen molar-refractivity contribution in [2.24, 2.45) is 0 Å². The van der Waals surface area contributed by atoms with E-state index in [4.69, 9.17) is 12.2 Å². The standard InChI is InChI=1S/C9H20N2S/c1-5-8(4)10-9(12)11(6-2)7-3/h8H,5-7H2,1-4H3,(H,10,12)/t8-/m0/s1. The van der Waals surface area contributed by atoms with E-state index < -0.39 is 0 Å². The Labute approximate surface area is 81.3 Å². The van der Waals surface area contributed by atoms with E-state index in [1.165, 1.54) is 0 Å². The number of rotatable bonds is 4. The fraction of sp³-hybridized carbons (Fsp3) is 0.889. The highest BCUT2D eigenvalue weighted by Crippen LogP contribution is 1.93. The fourth-order valence-corrected chi connectivity index (χ4v) is 1.37. The molecule has 0 aromatic rings. The quantitative estimate of drug-likeness (QED) is 0.679. The first kappa shape index (κ1) is 11.7. The van der Waals surface area contributed by atoms with Gasteiger partial charge in [-0.3, -0.25) is 0 Å². The highest BCUT2D eigenvalue weighted by atomic mass is 32.1. The van der Waals surface area contributed by atoms with Gasteiger partial charge in [-0.1, -0.05) is 6.92 Å². The molecule has 0 saturated carbocycles. The van der Waals surface area contributed by atoms with Gasteiger partial charge >= 0.3 is 0 Å². The molecule has 0 fully saturated rings. The van der Waals surface area contributed by atoms with Gasteiger partial charge in [-0.2, -0.15) is 0 Å². The van der Waals surface area contributed by atoms with Crippen molar-refractivity contribution in [2.45, 2.75) is 40.2 Å². The second-order valence-electron chi connectivity index (χ2n) is 2.93. The molecule has 12 heavy (non-hydrogen) atoms. The lowest BCUT2D eigenvalue weighted by atomic mass is 10.3. The third kappa shape index (κ3) is 3.90. The number of hydrogen-bond acceptors (Lipinski definition) is 1. The normalized spacial score (nSPS) is 12.3. The minimum Gasteiger partial charge on any atom is -0.360 e. The number of hydrogen-bond donors (Lipinski definition) is 1. The summed E-state index contributed by atoms with van der Waals surface area (Å²) in [5.41, 5.74) is 0. The summed E-state index contributed by atoms with van der Waals surface area (Å²) in [6.45, 7) is 10.5. The molecule has 0 unspecified atom stereocenters. The van der Waals surface area contributed by atoms with Crippen LogP contribution in [0.4, 0.5) is 0 Å². The van der Waals surface area contributed by atoms with Crippen molar-refractivity contribution in [3.05, 3.63) is 0 Å². The molecule has 0 saturated heterocycles. The lowest BCUT2D eigenvalue weighted by Gasteiger charge is -2.24. The highest BCUT2D eigenvalue weighted by Gasteiger charge is 2.06. The average molecular weight is 188 g/mol. The van der Waals surface area contributed by atoms with Crippen molar-refractivity contribution in [1.29, 1.82) is 0 Å². The Morgan fingerprint density at radius 3 is 2.17 bits per heavy atom. The lowest BCUT2D eigenvalue weighted by molar-refractivity contribution is 0.445. The van der Waals surface area contributed by atoms with Gasteiger partial charge in [0, 0.05) is 19.1 Å². The van der Waals surface area contributed by atoms with E-state index in [-0.39, 0.29) is 0 Å². The number of nitrogens with one attached hydrogen (secondary N) is 1. The van der Waals surface area contributed by atoms with Gasteiger partial charge in [-0.25, -0.2) is 0 Å². The van der Waals surface area contributed by atoms with Crippen LogP contribution >= 0.6 is 12.2 Å². The molecule has 0 bridgehead atoms. The summed E-state index contributed by atoms with van der Waals surface area (Å²) >= 11 is 5.23. The Morgan fingerprint density at radius 2 is 1.83 bits per heavy atom. The van der Waals surface area contributed by atoms with Crippen LogP contribution in [-0.2, 0) is 0 Å². The van der Waals surface area contributed by atoms with Gasteiger partial charge in [0.1, 0.15) is 0 Å². The van der Waals surface area contributed by atoms with Crippen LogP contribution < -0.4 is 5.32 Å². The molecular formula is C9H20N2S. The van der Waals surface area contributed by atoms with Gasteiger partial charge < -0.3 is 10.2 Å². The zero-order valence-electron chi connectivity index (χ0n) is 8.55. The van der Waals surface area contributed by atoms with Crippen molar-refractivity contribution in [2.75, 3.05) is 13.1 Å². The van der Waals surface area contributed by atoms with Crippen LogP contribution in [0.25, 0.3) is 0 Å². The van der Waals surface area contributed by atoms with Gasteiger partial charge in [0.2, 0.25) is 0 Å². The SMILES string of the molecule is CC[C@H](C)NC(=S)N(CC)CC. The van der Waals surface area contributed by atoms with Crippen molar-refractivity contribution in [3.63, 3.8) is 0 Å². The van der Waals surface area contributed by atoms with Crippen LogP contribution in [0.5, 0.6) is 0 Å². The summed E-state index contributed by atoms with van der Waals surface area (Å²) in [6, 6.07) is 0.484. The molecule has 72 valence electrons. The maximum Gasteiger partial charge on any atom is 0.169 e. The molecule has 0 aromatic carbocycles. The fourth-order valence-electron chi connectivity index (χ4n) is 0.915. The largest absolute Gasteiger partial charge is 0.360 e. The van der Waals surface area contributed by atoms with Crippen LogP contribution in [-0.4, -0.2) is 29.1 Å². The Bertz CT molecular complexity index is 132. The Hall–Kier alpha value is -0.310. The zero-order valence-corrected chi connectivity index (χ0v) is 9.37. The molecule has 0 aliphatic heterocycles. The van der Waals surface area contributed by atoms with E-state index in [0.717, 1.165) is 24.6 Å². The Kier molecular flexibility index (Phi) is 6.07. The van der Waals surface area contributed by atoms with Gasteiger partial charge in [0.25, 0.3) is 0 Å². The molecule has 0 radical (unpaired) electrons. The third-order valence-corrected chi connectivity index (χ3v) is 2.41. The van der Waals surface area contributed by atoms with E-state index >= 15 is 0 Å². The van der Waals surface area contributed by atoms with Gasteiger partial charge in [0.15, 0.2) is 5.11 Å². The van der Waals surface area contributed by atoms with Crippen LogP contribution in [0, 0.1) is 0 Å². The molecular weight excluding hydrogens is 168 g/mol. The second kappa shape index (κ2) is 6.23. The minimum absolute atomic E-state index is 0.484. The average Bonchev–Trinajstić information content (AvgIpc) is 2.06. The third-order valence-electron chi connectivity index (χ3n) is 2.03. The smallest absolute Gasteiger partial charge is 0.169 e. The summed E-state index contributed by atoms with van der Waals surface area (Å²) in [7, 11) is 0. The van der Waals surface area contributed by atoms with Gasteiger partial charge in [-0.05, 0) is 39.4 Å². The molecule has 1 N–H and O–H groups in total. The lowest BCUT2D eigenvalue weighted by Crippen LogP contribution is -2.43. The molecule has 2 nitrogen and oxygen atoms in total. The predicted octanol–water partition coefficient (Wildman–Crippen LogP) is 2.00. The van der Waals surface area contributed by atoms with Crippen molar-refractivity contribution < 1.29 is 0 Å². The van der Waals surface area contributed by atoms with E-state index in [1.807, 2.05) is 0 Å². The number of nitrogens with zero attached hydrogens (tertiary/aromatic N) is 1. The van der Waals surface area contributed by atoms with Crippen molar-refractivity contribution in [3.8, 4) is 0 Å². The molecule has 0 aliphatic carbocycles. The predicted molar refractivity (Wildman–Crippen MR) is 58.4 cm³/mol. The maximum absolute atomic E-state index is 5.23. The Balaban J connectivity index is 3.84. The molecule has 0 aromatic heterocycles.